The highest BCUT2D eigenvalue weighted by molar-refractivity contribution is 5.94. The fraction of sp³-hybridized carbons (Fsp3) is 0.375. The smallest absolute Gasteiger partial charge is 0.356 e. The fourth-order valence-electron chi connectivity index (χ4n) is 1.08. The first kappa shape index (κ1) is 10.2. The van der Waals surface area contributed by atoms with Gasteiger partial charge in [-0.3, -0.25) is 9.48 Å². The lowest BCUT2D eigenvalue weighted by atomic mass is 10.3. The van der Waals surface area contributed by atoms with Crippen LogP contribution in [0.3, 0.4) is 0 Å². The van der Waals surface area contributed by atoms with E-state index in [2.05, 4.69) is 5.10 Å². The summed E-state index contributed by atoms with van der Waals surface area (Å²) in [7, 11) is 0. The zero-order chi connectivity index (χ0) is 10.9. The Kier molecular flexibility index (Phi) is 2.55. The van der Waals surface area contributed by atoms with Crippen LogP contribution in [0.2, 0.25) is 0 Å². The second kappa shape index (κ2) is 3.49. The highest BCUT2D eigenvalue weighted by Gasteiger charge is 2.17. The molecule has 0 unspecified atom stereocenters. The Morgan fingerprint density at radius 1 is 1.57 bits per heavy atom. The standard InChI is InChI=1S/C8H11N3O3/c1-4(2)11-6(7(9)12)3-5(10-11)8(13)14/h3-4H,1-2H3,(H2,9,12)(H,13,14). The molecule has 0 bridgehead atoms. The number of aromatic nitrogens is 2. The summed E-state index contributed by atoms with van der Waals surface area (Å²) in [5, 5.41) is 12.4. The van der Waals surface area contributed by atoms with E-state index in [1.165, 1.54) is 10.7 Å². The van der Waals surface area contributed by atoms with Crippen LogP contribution in [0.25, 0.3) is 0 Å². The van der Waals surface area contributed by atoms with Crippen LogP contribution < -0.4 is 5.73 Å². The van der Waals surface area contributed by atoms with Gasteiger partial charge in [0, 0.05) is 12.1 Å². The van der Waals surface area contributed by atoms with Crippen molar-refractivity contribution in [2.45, 2.75) is 19.9 Å². The van der Waals surface area contributed by atoms with Gasteiger partial charge in [0.25, 0.3) is 5.91 Å². The van der Waals surface area contributed by atoms with Crippen molar-refractivity contribution in [1.29, 1.82) is 0 Å². The molecule has 1 aromatic rings. The Hall–Kier alpha value is -1.85. The van der Waals surface area contributed by atoms with Crippen molar-refractivity contribution in [3.8, 4) is 0 Å². The molecule has 1 heterocycles. The summed E-state index contributed by atoms with van der Waals surface area (Å²) in [4.78, 5) is 21.5. The summed E-state index contributed by atoms with van der Waals surface area (Å²) >= 11 is 0. The molecule has 6 nitrogen and oxygen atoms in total. The van der Waals surface area contributed by atoms with Gasteiger partial charge in [-0.1, -0.05) is 0 Å². The lowest BCUT2D eigenvalue weighted by Gasteiger charge is -2.07. The van der Waals surface area contributed by atoms with Gasteiger partial charge in [0.2, 0.25) is 0 Å². The zero-order valence-electron chi connectivity index (χ0n) is 7.89. The van der Waals surface area contributed by atoms with Crippen LogP contribution in [0, 0.1) is 0 Å². The van der Waals surface area contributed by atoms with Crippen LogP contribution in [0.1, 0.15) is 40.9 Å². The molecular weight excluding hydrogens is 186 g/mol. The second-order valence-corrected chi connectivity index (χ2v) is 3.12. The molecule has 0 fully saturated rings. The minimum absolute atomic E-state index is 0.106. The van der Waals surface area contributed by atoms with Crippen molar-refractivity contribution in [2.75, 3.05) is 0 Å². The first-order chi connectivity index (χ1) is 6.43. The van der Waals surface area contributed by atoms with E-state index < -0.39 is 11.9 Å². The normalized spacial score (nSPS) is 10.5. The molecule has 0 aliphatic heterocycles. The van der Waals surface area contributed by atoms with Crippen LogP contribution in [0.4, 0.5) is 0 Å². The molecule has 76 valence electrons. The van der Waals surface area contributed by atoms with Crippen molar-refractivity contribution in [3.05, 3.63) is 17.5 Å². The van der Waals surface area contributed by atoms with Crippen molar-refractivity contribution >= 4 is 11.9 Å². The maximum Gasteiger partial charge on any atom is 0.356 e. The predicted molar refractivity (Wildman–Crippen MR) is 48.1 cm³/mol. The summed E-state index contributed by atoms with van der Waals surface area (Å²) in [5.74, 6) is -1.86. The number of hydrogen-bond donors (Lipinski definition) is 2. The van der Waals surface area contributed by atoms with Gasteiger partial charge in [0.05, 0.1) is 0 Å². The molecule has 0 saturated carbocycles. The van der Waals surface area contributed by atoms with Crippen LogP contribution in [0.5, 0.6) is 0 Å². The van der Waals surface area contributed by atoms with E-state index in [1.54, 1.807) is 13.8 Å². The van der Waals surface area contributed by atoms with E-state index in [-0.39, 0.29) is 17.4 Å². The van der Waals surface area contributed by atoms with Crippen LogP contribution >= 0.6 is 0 Å². The maximum atomic E-state index is 10.9. The molecule has 1 amide bonds. The fourth-order valence-corrected chi connectivity index (χ4v) is 1.08. The predicted octanol–water partition coefficient (Wildman–Crippen LogP) is 0.261. The Morgan fingerprint density at radius 3 is 2.43 bits per heavy atom. The number of nitrogens with two attached hydrogens (primary N) is 1. The Morgan fingerprint density at radius 2 is 2.14 bits per heavy atom. The minimum Gasteiger partial charge on any atom is -0.476 e. The molecule has 0 spiro atoms. The molecule has 6 heteroatoms. The summed E-state index contributed by atoms with van der Waals surface area (Å²) in [6, 6.07) is 1.07. The van der Waals surface area contributed by atoms with Crippen LogP contribution in [-0.2, 0) is 0 Å². The topological polar surface area (TPSA) is 98.2 Å². The quantitative estimate of drug-likeness (QED) is 0.726. The minimum atomic E-state index is -1.17. The average Bonchev–Trinajstić information content (AvgIpc) is 2.47. The molecule has 0 aliphatic carbocycles. The van der Waals surface area contributed by atoms with Gasteiger partial charge in [-0.05, 0) is 13.8 Å². The van der Waals surface area contributed by atoms with Gasteiger partial charge < -0.3 is 10.8 Å². The molecule has 1 aromatic heterocycles. The van der Waals surface area contributed by atoms with E-state index in [9.17, 15) is 9.59 Å². The molecule has 0 aliphatic rings. The molecule has 3 N–H and O–H groups in total. The Bertz CT molecular complexity index is 381. The monoisotopic (exact) mass is 197 g/mol. The number of hydrogen-bond acceptors (Lipinski definition) is 3. The third-order valence-electron chi connectivity index (χ3n) is 1.70. The van der Waals surface area contributed by atoms with E-state index in [0.717, 1.165) is 0 Å². The van der Waals surface area contributed by atoms with Gasteiger partial charge in [-0.15, -0.1) is 0 Å². The highest BCUT2D eigenvalue weighted by atomic mass is 16.4. The molecule has 0 saturated heterocycles. The zero-order valence-corrected chi connectivity index (χ0v) is 7.89. The van der Waals surface area contributed by atoms with Crippen molar-refractivity contribution < 1.29 is 14.7 Å². The average molecular weight is 197 g/mol. The van der Waals surface area contributed by atoms with Gasteiger partial charge in [-0.2, -0.15) is 5.10 Å². The number of nitrogens with zero attached hydrogens (tertiary/aromatic N) is 2. The summed E-state index contributed by atoms with van der Waals surface area (Å²) in [5.41, 5.74) is 5.01. The number of rotatable bonds is 3. The first-order valence-electron chi connectivity index (χ1n) is 4.06. The van der Waals surface area contributed by atoms with Crippen LogP contribution in [-0.4, -0.2) is 26.8 Å². The van der Waals surface area contributed by atoms with Gasteiger partial charge in [0.15, 0.2) is 5.69 Å². The molecule has 0 aromatic carbocycles. The third-order valence-corrected chi connectivity index (χ3v) is 1.70. The maximum absolute atomic E-state index is 10.9. The van der Waals surface area contributed by atoms with Crippen LogP contribution in [0.15, 0.2) is 6.07 Å². The molecule has 1 rings (SSSR count). The van der Waals surface area contributed by atoms with E-state index in [1.807, 2.05) is 0 Å². The van der Waals surface area contributed by atoms with Crippen molar-refractivity contribution in [1.82, 2.24) is 9.78 Å². The van der Waals surface area contributed by atoms with Crippen molar-refractivity contribution in [2.24, 2.45) is 5.73 Å². The number of carboxylic acids is 1. The number of carbonyl (C=O) groups excluding carboxylic acids is 1. The largest absolute Gasteiger partial charge is 0.476 e. The lowest BCUT2D eigenvalue weighted by molar-refractivity contribution is 0.0689. The van der Waals surface area contributed by atoms with Crippen molar-refractivity contribution in [3.63, 3.8) is 0 Å². The summed E-state index contributed by atoms with van der Waals surface area (Å²) in [6.45, 7) is 3.57. The van der Waals surface area contributed by atoms with Gasteiger partial charge in [-0.25, -0.2) is 4.79 Å². The Labute approximate surface area is 80.3 Å². The number of aromatic carboxylic acids is 1. The SMILES string of the molecule is CC(C)n1nc(C(=O)O)cc1C(N)=O. The number of carbonyl (C=O) groups is 2. The number of amides is 1. The molecular formula is C8H11N3O3. The second-order valence-electron chi connectivity index (χ2n) is 3.12. The first-order valence-corrected chi connectivity index (χ1v) is 4.06. The third kappa shape index (κ3) is 1.73. The Balaban J connectivity index is 3.26. The summed E-state index contributed by atoms with van der Waals surface area (Å²) in [6.07, 6.45) is 0. The van der Waals surface area contributed by atoms with E-state index >= 15 is 0 Å². The number of primary amides is 1. The molecule has 0 radical (unpaired) electrons. The van der Waals surface area contributed by atoms with Gasteiger partial charge >= 0.3 is 5.97 Å². The molecule has 14 heavy (non-hydrogen) atoms. The molecule has 0 atom stereocenters. The highest BCUT2D eigenvalue weighted by Crippen LogP contribution is 2.10. The summed E-state index contributed by atoms with van der Waals surface area (Å²) < 4.78 is 1.30. The van der Waals surface area contributed by atoms with Gasteiger partial charge in [0.1, 0.15) is 5.69 Å². The van der Waals surface area contributed by atoms with E-state index in [0.29, 0.717) is 0 Å². The van der Waals surface area contributed by atoms with E-state index in [4.69, 9.17) is 10.8 Å². The lowest BCUT2D eigenvalue weighted by Crippen LogP contribution is -2.18. The number of carboxylic acid groups (broad SMARTS) is 1.